The van der Waals surface area contributed by atoms with Gasteiger partial charge in [-0.1, -0.05) is 158 Å². The van der Waals surface area contributed by atoms with Crippen molar-refractivity contribution in [3.05, 3.63) is 169 Å². The molecular weight excluding hydrogens is 516 g/mol. The highest BCUT2D eigenvalue weighted by atomic mass is 14.3. The highest BCUT2D eigenvalue weighted by Crippen LogP contribution is 2.51. The Morgan fingerprint density at radius 2 is 1.12 bits per heavy atom. The predicted molar refractivity (Wildman–Crippen MR) is 189 cm³/mol. The first kappa shape index (κ1) is 26.7. The van der Waals surface area contributed by atoms with E-state index in [2.05, 4.69) is 153 Å². The molecule has 7 rings (SSSR count). The van der Waals surface area contributed by atoms with Crippen LogP contribution in [-0.2, 0) is 0 Å². The summed E-state index contributed by atoms with van der Waals surface area (Å²) in [5.41, 5.74) is 10.2. The molecule has 0 aliphatic heterocycles. The summed E-state index contributed by atoms with van der Waals surface area (Å²) in [4.78, 5) is 0. The highest BCUT2D eigenvalue weighted by Gasteiger charge is 2.25. The van der Waals surface area contributed by atoms with Crippen molar-refractivity contribution in [1.29, 1.82) is 0 Å². The number of hydrogen-bond donors (Lipinski definition) is 0. The third-order valence-electron chi connectivity index (χ3n) is 8.58. The maximum Gasteiger partial charge on any atom is -0.000162 e. The van der Waals surface area contributed by atoms with Crippen LogP contribution in [0.2, 0.25) is 0 Å². The smallest absolute Gasteiger partial charge is 0.000162 e. The van der Waals surface area contributed by atoms with E-state index in [-0.39, 0.29) is 0 Å². The van der Waals surface area contributed by atoms with Crippen LogP contribution in [0, 0.1) is 0 Å². The second-order valence-electron chi connectivity index (χ2n) is 11.2. The first-order valence-electron chi connectivity index (χ1n) is 15.2. The van der Waals surface area contributed by atoms with Crippen LogP contribution >= 0.6 is 0 Å². The van der Waals surface area contributed by atoms with Crippen molar-refractivity contribution in [2.75, 3.05) is 0 Å². The van der Waals surface area contributed by atoms with E-state index in [0.29, 0.717) is 0 Å². The van der Waals surface area contributed by atoms with Gasteiger partial charge in [-0.05, 0) is 96.6 Å². The van der Waals surface area contributed by atoms with Crippen molar-refractivity contribution in [2.45, 2.75) is 19.8 Å². The standard InChI is InChI=1S/C43H34/c1-3-4-8-19-30(2)38-34-26-15-16-27-35(34)40(32-22-11-6-12-23-32)43-41(33-24-13-7-14-25-33)37-29-18-17-28-36(37)39(42(38)43)31-20-9-5-10-21-31/h3-6,8-13,15-29H,1,7,14H2,2H3/b8-4-,30-19+. The van der Waals surface area contributed by atoms with Crippen LogP contribution in [0.4, 0.5) is 0 Å². The minimum absolute atomic E-state index is 1.05. The van der Waals surface area contributed by atoms with Gasteiger partial charge in [0.2, 0.25) is 0 Å². The van der Waals surface area contributed by atoms with E-state index < -0.39 is 0 Å². The highest BCUT2D eigenvalue weighted by molar-refractivity contribution is 6.30. The van der Waals surface area contributed by atoms with Gasteiger partial charge in [0.25, 0.3) is 0 Å². The molecule has 0 heterocycles. The van der Waals surface area contributed by atoms with Crippen LogP contribution in [-0.4, -0.2) is 0 Å². The van der Waals surface area contributed by atoms with Gasteiger partial charge in [0.05, 0.1) is 0 Å². The Labute approximate surface area is 254 Å². The minimum atomic E-state index is 1.05. The molecule has 0 radical (unpaired) electrons. The van der Waals surface area contributed by atoms with E-state index in [4.69, 9.17) is 0 Å². The van der Waals surface area contributed by atoms with Gasteiger partial charge < -0.3 is 0 Å². The number of fused-ring (bicyclic) bond motifs is 3. The fourth-order valence-corrected chi connectivity index (χ4v) is 6.81. The molecule has 0 atom stereocenters. The number of hydrogen-bond acceptors (Lipinski definition) is 0. The molecule has 1 aliphatic carbocycles. The average molecular weight is 551 g/mol. The molecule has 0 nitrogen and oxygen atoms in total. The van der Waals surface area contributed by atoms with Crippen LogP contribution < -0.4 is 0 Å². The van der Waals surface area contributed by atoms with Gasteiger partial charge in [-0.15, -0.1) is 0 Å². The second kappa shape index (κ2) is 11.6. The van der Waals surface area contributed by atoms with E-state index in [1.807, 2.05) is 12.2 Å². The van der Waals surface area contributed by atoms with Gasteiger partial charge in [0, 0.05) is 0 Å². The third kappa shape index (κ3) is 4.66. The zero-order valence-electron chi connectivity index (χ0n) is 24.6. The summed E-state index contributed by atoms with van der Waals surface area (Å²) in [5, 5.41) is 7.72. The Kier molecular flexibility index (Phi) is 7.19. The second-order valence-corrected chi connectivity index (χ2v) is 11.2. The summed E-state index contributed by atoms with van der Waals surface area (Å²) in [6.45, 7) is 6.15. The lowest BCUT2D eigenvalue weighted by Crippen LogP contribution is -2.00. The maximum absolute atomic E-state index is 3.90. The zero-order chi connectivity index (χ0) is 29.2. The maximum atomic E-state index is 3.90. The fourth-order valence-electron chi connectivity index (χ4n) is 6.81. The third-order valence-corrected chi connectivity index (χ3v) is 8.58. The fraction of sp³-hybridized carbons (Fsp3) is 0.0698. The van der Waals surface area contributed by atoms with Crippen molar-refractivity contribution >= 4 is 43.5 Å². The van der Waals surface area contributed by atoms with Gasteiger partial charge in [-0.25, -0.2) is 0 Å². The van der Waals surface area contributed by atoms with Crippen molar-refractivity contribution in [3.63, 3.8) is 0 Å². The molecular formula is C43H34. The molecule has 0 saturated carbocycles. The largest absolute Gasteiger partial charge is 0.0991 e. The van der Waals surface area contributed by atoms with E-state index >= 15 is 0 Å². The van der Waals surface area contributed by atoms with Crippen molar-refractivity contribution in [3.8, 4) is 22.3 Å². The molecule has 0 saturated heterocycles. The van der Waals surface area contributed by atoms with Crippen LogP contribution in [0.25, 0.3) is 65.7 Å². The monoisotopic (exact) mass is 550 g/mol. The Morgan fingerprint density at radius 3 is 1.70 bits per heavy atom. The molecule has 43 heavy (non-hydrogen) atoms. The Balaban J connectivity index is 1.85. The van der Waals surface area contributed by atoms with E-state index in [9.17, 15) is 0 Å². The lowest BCUT2D eigenvalue weighted by atomic mass is 9.77. The van der Waals surface area contributed by atoms with Crippen molar-refractivity contribution in [1.82, 2.24) is 0 Å². The minimum Gasteiger partial charge on any atom is -0.0991 e. The normalized spacial score (nSPS) is 13.7. The van der Waals surface area contributed by atoms with Crippen LogP contribution in [0.5, 0.6) is 0 Å². The molecule has 0 heteroatoms. The van der Waals surface area contributed by atoms with Gasteiger partial charge in [-0.3, -0.25) is 0 Å². The summed E-state index contributed by atoms with van der Waals surface area (Å²) < 4.78 is 0. The molecule has 1 aliphatic rings. The topological polar surface area (TPSA) is 0 Å². The summed E-state index contributed by atoms with van der Waals surface area (Å²) in [6.07, 6.45) is 17.4. The zero-order valence-corrected chi connectivity index (χ0v) is 24.6. The molecule has 0 fully saturated rings. The van der Waals surface area contributed by atoms with Gasteiger partial charge in [0.1, 0.15) is 0 Å². The molecule has 206 valence electrons. The number of rotatable bonds is 6. The molecule has 0 N–H and O–H groups in total. The van der Waals surface area contributed by atoms with E-state index in [1.165, 1.54) is 76.8 Å². The molecule has 0 spiro atoms. The molecule has 0 amide bonds. The first-order valence-corrected chi connectivity index (χ1v) is 15.2. The molecule has 6 aromatic rings. The van der Waals surface area contributed by atoms with Crippen molar-refractivity contribution < 1.29 is 0 Å². The summed E-state index contributed by atoms with van der Waals surface area (Å²) in [7, 11) is 0. The SMILES string of the molecule is C=C/C=C\C=C(/C)c1c2ccccc2c(-c2ccccc2)c2c(C3=CCCC=C3)c3ccccc3c(-c3ccccc3)c12. The van der Waals surface area contributed by atoms with Crippen LogP contribution in [0.1, 0.15) is 30.9 Å². The summed E-state index contributed by atoms with van der Waals surface area (Å²) >= 11 is 0. The van der Waals surface area contributed by atoms with Gasteiger partial charge in [-0.2, -0.15) is 0 Å². The predicted octanol–water partition coefficient (Wildman–Crippen LogP) is 12.4. The van der Waals surface area contributed by atoms with Crippen LogP contribution in [0.15, 0.2) is 158 Å². The van der Waals surface area contributed by atoms with Gasteiger partial charge >= 0.3 is 0 Å². The Hall–Kier alpha value is -5.20. The van der Waals surface area contributed by atoms with Crippen LogP contribution in [0.3, 0.4) is 0 Å². The summed E-state index contributed by atoms with van der Waals surface area (Å²) in [5.74, 6) is 0. The number of benzene rings is 6. The Bertz CT molecular complexity index is 2120. The molecule has 6 aromatic carbocycles. The van der Waals surface area contributed by atoms with Crippen molar-refractivity contribution in [2.24, 2.45) is 0 Å². The quantitative estimate of drug-likeness (QED) is 0.143. The van der Waals surface area contributed by atoms with E-state index in [1.54, 1.807) is 0 Å². The molecule has 0 aromatic heterocycles. The first-order chi connectivity index (χ1) is 21.3. The van der Waals surface area contributed by atoms with E-state index in [0.717, 1.165) is 12.8 Å². The number of allylic oxidation sites excluding steroid dienone is 9. The summed E-state index contributed by atoms with van der Waals surface area (Å²) in [6, 6.07) is 39.9. The molecule has 0 bridgehead atoms. The molecule has 0 unspecified atom stereocenters. The average Bonchev–Trinajstić information content (AvgIpc) is 3.07. The Morgan fingerprint density at radius 1 is 0.581 bits per heavy atom. The van der Waals surface area contributed by atoms with Gasteiger partial charge in [0.15, 0.2) is 0 Å². The lowest BCUT2D eigenvalue weighted by molar-refractivity contribution is 1.04. The lowest BCUT2D eigenvalue weighted by Gasteiger charge is -2.26.